The van der Waals surface area contributed by atoms with E-state index in [4.69, 9.17) is 5.26 Å². The van der Waals surface area contributed by atoms with E-state index in [9.17, 15) is 8.78 Å². The van der Waals surface area contributed by atoms with Crippen LogP contribution < -0.4 is 0 Å². The number of benzene rings is 1. The maximum Gasteiger partial charge on any atom is 0.144 e. The van der Waals surface area contributed by atoms with Gasteiger partial charge in [-0.05, 0) is 18.6 Å². The molecular formula is C10H8F2N. The first-order valence-corrected chi connectivity index (χ1v) is 3.78. The number of nitrogens with zero attached hydrogens (tertiary/aromatic N) is 1. The largest absolute Gasteiger partial charge is 0.250 e. The molecule has 0 fully saturated rings. The third kappa shape index (κ3) is 1.83. The lowest BCUT2D eigenvalue weighted by Crippen LogP contribution is -2.01. The Morgan fingerprint density at radius 2 is 2.23 bits per heavy atom. The number of halogens is 2. The lowest BCUT2D eigenvalue weighted by molar-refractivity contribution is 0.455. The van der Waals surface area contributed by atoms with Crippen LogP contribution in [0.15, 0.2) is 18.2 Å². The van der Waals surface area contributed by atoms with E-state index in [2.05, 4.69) is 6.92 Å². The predicted octanol–water partition coefficient (Wildman–Crippen LogP) is 2.58. The standard InChI is InChI=1S/C10H8F2N/c1-7(5-11)9-4-2-3-8(6-13)10(9)12/h2-4,7H,1,5H2. The number of nitriles is 1. The van der Waals surface area contributed by atoms with E-state index in [0.29, 0.717) is 0 Å². The molecule has 0 N–H and O–H groups in total. The topological polar surface area (TPSA) is 23.8 Å². The van der Waals surface area contributed by atoms with Crippen LogP contribution in [0.3, 0.4) is 0 Å². The van der Waals surface area contributed by atoms with Gasteiger partial charge in [-0.25, -0.2) is 4.39 Å². The summed E-state index contributed by atoms with van der Waals surface area (Å²) in [6.07, 6.45) is 0. The maximum absolute atomic E-state index is 13.3. The van der Waals surface area contributed by atoms with Gasteiger partial charge < -0.3 is 0 Å². The molecule has 1 rings (SSSR count). The van der Waals surface area contributed by atoms with Gasteiger partial charge in [-0.2, -0.15) is 5.26 Å². The fourth-order valence-corrected chi connectivity index (χ4v) is 1.03. The highest BCUT2D eigenvalue weighted by atomic mass is 19.1. The molecule has 13 heavy (non-hydrogen) atoms. The summed E-state index contributed by atoms with van der Waals surface area (Å²) in [5, 5.41) is 8.49. The SMILES string of the molecule is [CH2]C(CF)c1cccc(C#N)c1F. The second-order valence-corrected chi connectivity index (χ2v) is 2.67. The van der Waals surface area contributed by atoms with Crippen molar-refractivity contribution in [2.75, 3.05) is 6.67 Å². The summed E-state index contributed by atoms with van der Waals surface area (Å²) in [5.74, 6) is -1.41. The van der Waals surface area contributed by atoms with Crippen molar-refractivity contribution in [2.24, 2.45) is 0 Å². The fraction of sp³-hybridized carbons (Fsp3) is 0.200. The summed E-state index contributed by atoms with van der Waals surface area (Å²) in [6.45, 7) is 2.71. The van der Waals surface area contributed by atoms with Crippen LogP contribution >= 0.6 is 0 Å². The van der Waals surface area contributed by atoms with Gasteiger partial charge in [0, 0.05) is 5.92 Å². The summed E-state index contributed by atoms with van der Waals surface area (Å²) >= 11 is 0. The lowest BCUT2D eigenvalue weighted by Gasteiger charge is -2.08. The van der Waals surface area contributed by atoms with Gasteiger partial charge >= 0.3 is 0 Å². The van der Waals surface area contributed by atoms with Crippen LogP contribution in [0.5, 0.6) is 0 Å². The van der Waals surface area contributed by atoms with E-state index in [1.807, 2.05) is 0 Å². The molecule has 1 atom stereocenters. The minimum Gasteiger partial charge on any atom is -0.250 e. The van der Waals surface area contributed by atoms with Crippen molar-refractivity contribution >= 4 is 0 Å². The Morgan fingerprint density at radius 3 is 2.77 bits per heavy atom. The van der Waals surface area contributed by atoms with Gasteiger partial charge in [-0.3, -0.25) is 4.39 Å². The summed E-state index contributed by atoms with van der Waals surface area (Å²) in [7, 11) is 0. The van der Waals surface area contributed by atoms with Gasteiger partial charge in [0.2, 0.25) is 0 Å². The first-order valence-electron chi connectivity index (χ1n) is 3.78. The van der Waals surface area contributed by atoms with Crippen LogP contribution in [-0.2, 0) is 0 Å². The Kier molecular flexibility index (Phi) is 2.97. The van der Waals surface area contributed by atoms with Gasteiger partial charge in [0.1, 0.15) is 11.9 Å². The van der Waals surface area contributed by atoms with Crippen LogP contribution in [0.2, 0.25) is 0 Å². The van der Waals surface area contributed by atoms with E-state index in [1.54, 1.807) is 6.07 Å². The minimum absolute atomic E-state index is 0.0698. The van der Waals surface area contributed by atoms with Crippen molar-refractivity contribution in [3.63, 3.8) is 0 Å². The van der Waals surface area contributed by atoms with Gasteiger partial charge in [-0.15, -0.1) is 0 Å². The molecule has 1 aromatic rings. The smallest absolute Gasteiger partial charge is 0.144 e. The van der Waals surface area contributed by atoms with Crippen molar-refractivity contribution < 1.29 is 8.78 Å². The Hall–Kier alpha value is -1.43. The average Bonchev–Trinajstić information content (AvgIpc) is 2.17. The molecule has 0 aromatic heterocycles. The molecule has 3 heteroatoms. The molecule has 0 saturated carbocycles. The summed E-state index contributed by atoms with van der Waals surface area (Å²) < 4.78 is 25.5. The molecule has 0 heterocycles. The first kappa shape index (κ1) is 9.66. The molecule has 1 radical (unpaired) electrons. The number of alkyl halides is 1. The second-order valence-electron chi connectivity index (χ2n) is 2.67. The Morgan fingerprint density at radius 1 is 1.54 bits per heavy atom. The first-order chi connectivity index (χ1) is 6.20. The third-order valence-electron chi connectivity index (χ3n) is 1.78. The van der Waals surface area contributed by atoms with E-state index in [-0.39, 0.29) is 11.1 Å². The Balaban J connectivity index is 3.17. The van der Waals surface area contributed by atoms with Crippen molar-refractivity contribution in [3.05, 3.63) is 42.1 Å². The van der Waals surface area contributed by atoms with Crippen LogP contribution in [-0.4, -0.2) is 6.67 Å². The molecule has 1 aromatic carbocycles. The molecule has 1 unspecified atom stereocenters. The molecular weight excluding hydrogens is 172 g/mol. The zero-order valence-corrected chi connectivity index (χ0v) is 6.93. The molecule has 0 aliphatic heterocycles. The average molecular weight is 180 g/mol. The quantitative estimate of drug-likeness (QED) is 0.686. The fourth-order valence-electron chi connectivity index (χ4n) is 1.03. The zero-order valence-electron chi connectivity index (χ0n) is 6.93. The minimum atomic E-state index is -0.742. The van der Waals surface area contributed by atoms with E-state index >= 15 is 0 Å². The Labute approximate surface area is 75.6 Å². The molecule has 67 valence electrons. The van der Waals surface area contributed by atoms with Crippen LogP contribution in [0, 0.1) is 24.1 Å². The van der Waals surface area contributed by atoms with Crippen molar-refractivity contribution in [1.29, 1.82) is 5.26 Å². The highest BCUT2D eigenvalue weighted by Crippen LogP contribution is 2.21. The second kappa shape index (κ2) is 3.99. The molecule has 0 amide bonds. The van der Waals surface area contributed by atoms with Crippen LogP contribution in [0.25, 0.3) is 0 Å². The van der Waals surface area contributed by atoms with Crippen molar-refractivity contribution in [2.45, 2.75) is 5.92 Å². The predicted molar refractivity (Wildman–Crippen MR) is 45.2 cm³/mol. The highest BCUT2D eigenvalue weighted by Gasteiger charge is 2.13. The van der Waals surface area contributed by atoms with E-state index in [0.717, 1.165) is 0 Å². The zero-order chi connectivity index (χ0) is 9.84. The molecule has 0 bridgehead atoms. The number of rotatable bonds is 2. The molecule has 0 saturated heterocycles. The van der Waals surface area contributed by atoms with Gasteiger partial charge in [0.15, 0.2) is 0 Å². The number of hydrogen-bond acceptors (Lipinski definition) is 1. The molecule has 0 aliphatic carbocycles. The monoisotopic (exact) mass is 180 g/mol. The van der Waals surface area contributed by atoms with Crippen LogP contribution in [0.4, 0.5) is 8.78 Å². The van der Waals surface area contributed by atoms with Crippen molar-refractivity contribution in [1.82, 2.24) is 0 Å². The molecule has 0 aliphatic rings. The highest BCUT2D eigenvalue weighted by molar-refractivity contribution is 5.36. The summed E-state index contributed by atoms with van der Waals surface area (Å²) in [4.78, 5) is 0. The van der Waals surface area contributed by atoms with Gasteiger partial charge in [0.05, 0.1) is 12.2 Å². The van der Waals surface area contributed by atoms with Crippen LogP contribution in [0.1, 0.15) is 17.0 Å². The van der Waals surface area contributed by atoms with E-state index < -0.39 is 18.4 Å². The van der Waals surface area contributed by atoms with Crippen molar-refractivity contribution in [3.8, 4) is 6.07 Å². The molecule has 0 spiro atoms. The number of hydrogen-bond donors (Lipinski definition) is 0. The summed E-state index contributed by atoms with van der Waals surface area (Å²) in [6, 6.07) is 6.00. The lowest BCUT2D eigenvalue weighted by atomic mass is 10.00. The van der Waals surface area contributed by atoms with E-state index in [1.165, 1.54) is 18.2 Å². The Bertz CT molecular complexity index is 341. The third-order valence-corrected chi connectivity index (χ3v) is 1.78. The maximum atomic E-state index is 13.3. The summed E-state index contributed by atoms with van der Waals surface area (Å²) in [5.41, 5.74) is 0.0844. The molecule has 1 nitrogen and oxygen atoms in total. The normalized spacial score (nSPS) is 12.2. The van der Waals surface area contributed by atoms with Gasteiger partial charge in [0.25, 0.3) is 0 Å². The van der Waals surface area contributed by atoms with Gasteiger partial charge in [-0.1, -0.05) is 12.1 Å².